The van der Waals surface area contributed by atoms with Gasteiger partial charge in [0.15, 0.2) is 0 Å². The molecule has 0 saturated heterocycles. The van der Waals surface area contributed by atoms with E-state index in [9.17, 15) is 24.5 Å². The molecule has 0 unspecified atom stereocenters. The van der Waals surface area contributed by atoms with Gasteiger partial charge in [0.05, 0.1) is 4.92 Å². The average molecular weight is 459 g/mol. The fourth-order valence-electron chi connectivity index (χ4n) is 2.51. The molecule has 2 rings (SSSR count). The zero-order chi connectivity index (χ0) is 24.4. The predicted molar refractivity (Wildman–Crippen MR) is 116 cm³/mol. The van der Waals surface area contributed by atoms with Crippen LogP contribution in [-0.2, 0) is 25.7 Å². The number of ether oxygens (including phenoxy) is 4. The third kappa shape index (κ3) is 9.81. The van der Waals surface area contributed by atoms with Crippen molar-refractivity contribution in [2.24, 2.45) is 0 Å². The van der Waals surface area contributed by atoms with E-state index < -0.39 is 22.6 Å². The predicted octanol–water partition coefficient (Wildman–Crippen LogP) is 4.73. The number of esters is 2. The van der Waals surface area contributed by atoms with E-state index in [-0.39, 0.29) is 36.9 Å². The lowest BCUT2D eigenvalue weighted by Crippen LogP contribution is -2.23. The van der Waals surface area contributed by atoms with Crippen LogP contribution in [0, 0.1) is 10.1 Å². The molecule has 0 aliphatic rings. The minimum absolute atomic E-state index is 0.0680. The Bertz CT molecular complexity index is 976. The molecular weight excluding hydrogens is 434 g/mol. The smallest absolute Gasteiger partial charge is 0.460 e. The van der Waals surface area contributed by atoms with Crippen molar-refractivity contribution in [3.05, 3.63) is 64.2 Å². The number of nitrogens with zero attached hydrogens (tertiary/aromatic N) is 1. The second-order valence-corrected chi connectivity index (χ2v) is 7.95. The van der Waals surface area contributed by atoms with E-state index in [1.807, 2.05) is 0 Å². The molecule has 0 fully saturated rings. The minimum atomic E-state index is -0.968. The summed E-state index contributed by atoms with van der Waals surface area (Å²) in [5.41, 5.74) is -0.0650. The Labute approximate surface area is 190 Å². The number of carbonyl (C=O) groups excluding carboxylic acids is 3. The molecule has 2 aromatic carbocycles. The van der Waals surface area contributed by atoms with Crippen LogP contribution in [0.5, 0.6) is 11.5 Å². The van der Waals surface area contributed by atoms with Crippen LogP contribution in [-0.4, -0.2) is 28.6 Å². The van der Waals surface area contributed by atoms with Crippen molar-refractivity contribution < 1.29 is 38.3 Å². The van der Waals surface area contributed by atoms with Gasteiger partial charge in [0.1, 0.15) is 23.7 Å². The van der Waals surface area contributed by atoms with Crippen molar-refractivity contribution in [1.29, 1.82) is 0 Å². The summed E-state index contributed by atoms with van der Waals surface area (Å²) in [6.07, 6.45) is -0.461. The molecule has 0 aliphatic carbocycles. The molecule has 0 heterocycles. The van der Waals surface area contributed by atoms with Crippen LogP contribution in [0.4, 0.5) is 10.5 Å². The van der Waals surface area contributed by atoms with E-state index in [1.54, 1.807) is 45.0 Å². The Morgan fingerprint density at radius 2 is 1.39 bits per heavy atom. The Balaban J connectivity index is 1.71. The molecule has 2 aromatic rings. The normalized spacial score (nSPS) is 10.8. The highest BCUT2D eigenvalue weighted by Gasteiger charge is 2.16. The van der Waals surface area contributed by atoms with E-state index >= 15 is 0 Å². The van der Waals surface area contributed by atoms with Crippen molar-refractivity contribution in [1.82, 2.24) is 0 Å². The summed E-state index contributed by atoms with van der Waals surface area (Å²) in [6.45, 7) is 5.23. The molecule has 33 heavy (non-hydrogen) atoms. The van der Waals surface area contributed by atoms with Crippen molar-refractivity contribution in [3.8, 4) is 11.5 Å². The summed E-state index contributed by atoms with van der Waals surface area (Å²) in [7, 11) is 0. The molecule has 0 radical (unpaired) electrons. The highest BCUT2D eigenvalue weighted by molar-refractivity contribution is 5.74. The molecule has 0 aromatic heterocycles. The van der Waals surface area contributed by atoms with Crippen LogP contribution in [0.2, 0.25) is 0 Å². The topological polar surface area (TPSA) is 131 Å². The summed E-state index contributed by atoms with van der Waals surface area (Å²) >= 11 is 0. The second-order valence-electron chi connectivity index (χ2n) is 7.95. The maximum absolute atomic E-state index is 11.9. The van der Waals surface area contributed by atoms with E-state index in [0.29, 0.717) is 17.7 Å². The van der Waals surface area contributed by atoms with Gasteiger partial charge < -0.3 is 18.9 Å². The van der Waals surface area contributed by atoms with Crippen LogP contribution in [0.25, 0.3) is 0 Å². The fraction of sp³-hybridized carbons (Fsp3) is 0.348. The Morgan fingerprint density at radius 1 is 0.848 bits per heavy atom. The highest BCUT2D eigenvalue weighted by atomic mass is 16.7. The quantitative estimate of drug-likeness (QED) is 0.172. The first-order chi connectivity index (χ1) is 15.5. The molecule has 10 heteroatoms. The molecule has 0 saturated carbocycles. The number of carbonyl (C=O) groups is 3. The molecule has 0 bridgehead atoms. The zero-order valence-corrected chi connectivity index (χ0v) is 18.6. The maximum Gasteiger partial charge on any atom is 0.514 e. The van der Waals surface area contributed by atoms with Crippen molar-refractivity contribution in [2.75, 3.05) is 0 Å². The molecule has 0 spiro atoms. The highest BCUT2D eigenvalue weighted by Crippen LogP contribution is 2.19. The third-order valence-corrected chi connectivity index (χ3v) is 3.94. The first kappa shape index (κ1) is 25.3. The van der Waals surface area contributed by atoms with E-state index in [0.717, 1.165) is 0 Å². The van der Waals surface area contributed by atoms with Crippen molar-refractivity contribution in [3.63, 3.8) is 0 Å². The minimum Gasteiger partial charge on any atom is -0.460 e. The van der Waals surface area contributed by atoms with Crippen LogP contribution < -0.4 is 9.47 Å². The van der Waals surface area contributed by atoms with E-state index in [1.165, 1.54) is 24.3 Å². The lowest BCUT2D eigenvalue weighted by Gasteiger charge is -2.19. The Morgan fingerprint density at radius 3 is 1.97 bits per heavy atom. The molecule has 0 amide bonds. The number of hydrogen-bond donors (Lipinski definition) is 0. The van der Waals surface area contributed by atoms with Gasteiger partial charge in [-0.2, -0.15) is 0 Å². The Kier molecular flexibility index (Phi) is 8.90. The van der Waals surface area contributed by atoms with Gasteiger partial charge in [0, 0.05) is 25.0 Å². The van der Waals surface area contributed by atoms with Crippen LogP contribution in [0.3, 0.4) is 0 Å². The van der Waals surface area contributed by atoms with Gasteiger partial charge in [-0.1, -0.05) is 12.1 Å². The van der Waals surface area contributed by atoms with Crippen molar-refractivity contribution >= 4 is 23.8 Å². The fourth-order valence-corrected chi connectivity index (χ4v) is 2.51. The number of rotatable bonds is 9. The standard InChI is InChI=1S/C23H25NO9/c1-23(2,3)33-21(26)6-4-5-20(25)31-18-11-7-16(8-12-18)15-30-22(27)32-19-13-9-17(10-14-19)24(28)29/h7-14H,4-6,15H2,1-3H3. The molecule has 0 N–H and O–H groups in total. The SMILES string of the molecule is CC(C)(C)OC(=O)CCCC(=O)Oc1ccc(COC(=O)Oc2ccc([N+](=O)[O-])cc2)cc1. The summed E-state index contributed by atoms with van der Waals surface area (Å²) in [4.78, 5) is 45.4. The maximum atomic E-state index is 11.9. The number of nitro groups is 1. The zero-order valence-electron chi connectivity index (χ0n) is 18.6. The monoisotopic (exact) mass is 459 g/mol. The first-order valence-corrected chi connectivity index (χ1v) is 10.1. The van der Waals surface area contributed by atoms with Gasteiger partial charge in [-0.3, -0.25) is 19.7 Å². The molecule has 0 atom stereocenters. The summed E-state index contributed by atoms with van der Waals surface area (Å²) in [6, 6.07) is 11.3. The van der Waals surface area contributed by atoms with Crippen LogP contribution in [0.1, 0.15) is 45.6 Å². The van der Waals surface area contributed by atoms with Gasteiger partial charge in [-0.05, 0) is 57.0 Å². The van der Waals surface area contributed by atoms with Gasteiger partial charge in [-0.15, -0.1) is 0 Å². The number of hydrogen-bond acceptors (Lipinski definition) is 9. The first-order valence-electron chi connectivity index (χ1n) is 10.1. The van der Waals surface area contributed by atoms with E-state index in [2.05, 4.69) is 0 Å². The summed E-state index contributed by atoms with van der Waals surface area (Å²) < 4.78 is 20.3. The number of benzene rings is 2. The number of non-ortho nitro benzene ring substituents is 1. The third-order valence-electron chi connectivity index (χ3n) is 3.94. The van der Waals surface area contributed by atoms with Crippen LogP contribution in [0.15, 0.2) is 48.5 Å². The average Bonchev–Trinajstić information content (AvgIpc) is 2.72. The molecule has 0 aliphatic heterocycles. The summed E-state index contributed by atoms with van der Waals surface area (Å²) in [5.74, 6) is -0.421. The van der Waals surface area contributed by atoms with Crippen LogP contribution >= 0.6 is 0 Å². The lowest BCUT2D eigenvalue weighted by atomic mass is 10.2. The molecule has 176 valence electrons. The van der Waals surface area contributed by atoms with Crippen molar-refractivity contribution in [2.45, 2.75) is 52.2 Å². The van der Waals surface area contributed by atoms with Gasteiger partial charge in [0.2, 0.25) is 0 Å². The van der Waals surface area contributed by atoms with Gasteiger partial charge in [0.25, 0.3) is 5.69 Å². The second kappa shape index (κ2) is 11.6. The van der Waals surface area contributed by atoms with Gasteiger partial charge in [-0.25, -0.2) is 4.79 Å². The Hall–Kier alpha value is -3.95. The number of nitro benzene ring substituents is 1. The largest absolute Gasteiger partial charge is 0.514 e. The van der Waals surface area contributed by atoms with E-state index in [4.69, 9.17) is 18.9 Å². The molecule has 10 nitrogen and oxygen atoms in total. The summed E-state index contributed by atoms with van der Waals surface area (Å²) in [5, 5.41) is 10.6. The molecular formula is C23H25NO9. The lowest BCUT2D eigenvalue weighted by molar-refractivity contribution is -0.384. The van der Waals surface area contributed by atoms with Gasteiger partial charge >= 0.3 is 18.1 Å².